The van der Waals surface area contributed by atoms with E-state index < -0.39 is 25.9 Å². The molecule has 0 saturated heterocycles. The maximum absolute atomic E-state index is 8.82. The molecule has 0 aliphatic carbocycles. The molecule has 2 atom stereocenters. The predicted molar refractivity (Wildman–Crippen MR) is 23.4 cm³/mol. The first kappa shape index (κ1) is 1.20. The van der Waals surface area contributed by atoms with Gasteiger partial charge in [-0.2, -0.15) is 0 Å². The Morgan fingerprint density at radius 1 is 1.33 bits per heavy atom. The van der Waals surface area contributed by atoms with Crippen molar-refractivity contribution in [3.8, 4) is 0 Å². The molecule has 2 unspecified atom stereocenters. The molecule has 0 fully saturated rings. The van der Waals surface area contributed by atoms with Gasteiger partial charge in [-0.25, -0.2) is 0 Å². The highest BCUT2D eigenvalue weighted by atomic mass is 16.3. The zero-order valence-corrected chi connectivity index (χ0v) is 3.05. The van der Waals surface area contributed by atoms with E-state index in [0.29, 0.717) is 0 Å². The fourth-order valence-corrected chi connectivity index (χ4v) is 0. The molecule has 0 saturated carbocycles. The van der Waals surface area contributed by atoms with Crippen molar-refractivity contribution in [2.75, 3.05) is 0 Å². The first-order valence-corrected chi connectivity index (χ1v) is 1.43. The van der Waals surface area contributed by atoms with E-state index in [1.54, 1.807) is 0 Å². The fraction of sp³-hybridized carbons (Fsp3) is 1.00. The molecule has 0 aromatic rings. The number of hydrogen-bond donors (Lipinski definition) is 2. The van der Waals surface area contributed by atoms with E-state index in [9.17, 15) is 0 Å². The van der Waals surface area contributed by atoms with Gasteiger partial charge in [-0.15, -0.1) is 0 Å². The largest absolute Gasteiger partial charge is 0.391 e. The predicted octanol–water partition coefficient (Wildman–Crippen LogP) is -0.252. The van der Waals surface area contributed by atoms with Crippen LogP contribution in [-0.4, -0.2) is 22.4 Å². The molecule has 2 nitrogen and oxygen atoms in total. The van der Waals surface area contributed by atoms with E-state index in [2.05, 4.69) is 0 Å². The molecule has 38 valence electrons. The van der Waals surface area contributed by atoms with Gasteiger partial charge in [0.15, 0.2) is 0 Å². The molecule has 0 aliphatic heterocycles. The first-order chi connectivity index (χ1) is 5.07. The Morgan fingerprint density at radius 3 is 1.83 bits per heavy atom. The lowest BCUT2D eigenvalue weighted by Gasteiger charge is -2.03. The number of hydrogen-bond acceptors (Lipinski definition) is 2. The van der Waals surface area contributed by atoms with Crippen LogP contribution in [0, 0.1) is 0 Å². The molecule has 0 aliphatic rings. The summed E-state index contributed by atoms with van der Waals surface area (Å²) in [7, 11) is 0. The van der Waals surface area contributed by atoms with Gasteiger partial charge in [-0.05, 0) is 13.7 Å². The smallest absolute Gasteiger partial charge is 0.0768 e. The van der Waals surface area contributed by atoms with Crippen molar-refractivity contribution in [2.45, 2.75) is 25.9 Å². The van der Waals surface area contributed by atoms with Gasteiger partial charge in [-0.1, -0.05) is 0 Å². The van der Waals surface area contributed by atoms with Crippen LogP contribution in [-0.2, 0) is 0 Å². The van der Waals surface area contributed by atoms with Gasteiger partial charge >= 0.3 is 0 Å². The maximum atomic E-state index is 8.82. The zero-order chi connectivity index (χ0) is 10.2. The van der Waals surface area contributed by atoms with Gasteiger partial charge in [0, 0.05) is 8.22 Å². The van der Waals surface area contributed by atoms with Gasteiger partial charge in [-0.3, -0.25) is 0 Å². The Bertz CT molecular complexity index is 131. The van der Waals surface area contributed by atoms with Crippen LogP contribution in [0.25, 0.3) is 0 Å². The standard InChI is InChI=1S/C4H10O2/c1-3(5)4(2)6/h3-6H,1-2H3/i1D3,2D3. The normalized spacial score (nSPS) is 39.0. The summed E-state index contributed by atoms with van der Waals surface area (Å²) >= 11 is 0. The molecule has 0 aromatic carbocycles. The third-order valence-electron chi connectivity index (χ3n) is 0.299. The minimum absolute atomic E-state index is 2.23. The van der Waals surface area contributed by atoms with Crippen molar-refractivity contribution in [2.24, 2.45) is 0 Å². The van der Waals surface area contributed by atoms with Crippen LogP contribution in [0.2, 0.25) is 0 Å². The molecular weight excluding hydrogens is 80.0 g/mol. The van der Waals surface area contributed by atoms with Crippen LogP contribution in [0.15, 0.2) is 0 Å². The summed E-state index contributed by atoms with van der Waals surface area (Å²) in [5.74, 6) is 0. The summed E-state index contributed by atoms with van der Waals surface area (Å²) in [6.07, 6.45) is -4.46. The van der Waals surface area contributed by atoms with Gasteiger partial charge in [0.05, 0.1) is 12.2 Å². The molecule has 0 bridgehead atoms. The van der Waals surface area contributed by atoms with Gasteiger partial charge in [0.2, 0.25) is 0 Å². The third-order valence-corrected chi connectivity index (χ3v) is 0.299. The van der Waals surface area contributed by atoms with Crippen molar-refractivity contribution >= 4 is 0 Å². The third kappa shape index (κ3) is 2.18. The van der Waals surface area contributed by atoms with Crippen molar-refractivity contribution in [1.29, 1.82) is 0 Å². The summed E-state index contributed by atoms with van der Waals surface area (Å²) in [5, 5.41) is 17.6. The summed E-state index contributed by atoms with van der Waals surface area (Å²) < 4.78 is 39.7. The van der Waals surface area contributed by atoms with E-state index in [0.717, 1.165) is 0 Å². The van der Waals surface area contributed by atoms with Gasteiger partial charge in [0.1, 0.15) is 0 Å². The molecule has 2 heteroatoms. The van der Waals surface area contributed by atoms with E-state index in [1.165, 1.54) is 0 Å². The monoisotopic (exact) mass is 96.1 g/mol. The minimum Gasteiger partial charge on any atom is -0.391 e. The van der Waals surface area contributed by atoms with Crippen molar-refractivity contribution in [3.63, 3.8) is 0 Å². The topological polar surface area (TPSA) is 40.5 Å². The summed E-state index contributed by atoms with van der Waals surface area (Å²) in [4.78, 5) is 0. The maximum Gasteiger partial charge on any atom is 0.0768 e. The summed E-state index contributed by atoms with van der Waals surface area (Å²) in [6.45, 7) is -5.73. The van der Waals surface area contributed by atoms with Crippen LogP contribution < -0.4 is 0 Å². The Labute approximate surface area is 45.9 Å². The molecule has 6 heavy (non-hydrogen) atoms. The highest BCUT2D eigenvalue weighted by Gasteiger charge is 1.99. The SMILES string of the molecule is [2H]C([2H])([2H])C(O)C(O)C([2H])([2H])[2H]. The molecule has 0 radical (unpaired) electrons. The van der Waals surface area contributed by atoms with Crippen LogP contribution in [0.3, 0.4) is 0 Å². The van der Waals surface area contributed by atoms with Crippen molar-refractivity contribution < 1.29 is 18.4 Å². The quantitative estimate of drug-likeness (QED) is 0.472. The van der Waals surface area contributed by atoms with Crippen LogP contribution in [0.1, 0.15) is 21.9 Å². The van der Waals surface area contributed by atoms with Gasteiger partial charge in [0.25, 0.3) is 0 Å². The van der Waals surface area contributed by atoms with Crippen molar-refractivity contribution in [1.82, 2.24) is 0 Å². The first-order valence-electron chi connectivity index (χ1n) is 4.43. The average molecular weight is 96.2 g/mol. The number of aliphatic hydroxyl groups excluding tert-OH is 2. The Hall–Kier alpha value is -0.0800. The molecule has 0 spiro atoms. The van der Waals surface area contributed by atoms with Crippen LogP contribution >= 0.6 is 0 Å². The fourth-order valence-electron chi connectivity index (χ4n) is 0. The number of rotatable bonds is 1. The van der Waals surface area contributed by atoms with E-state index in [-0.39, 0.29) is 0 Å². The van der Waals surface area contributed by atoms with Crippen LogP contribution in [0.5, 0.6) is 0 Å². The molecule has 0 heterocycles. The number of aliphatic hydroxyl groups is 2. The van der Waals surface area contributed by atoms with E-state index in [4.69, 9.17) is 18.4 Å². The summed E-state index contributed by atoms with van der Waals surface area (Å²) in [5.41, 5.74) is 0. The zero-order valence-electron chi connectivity index (χ0n) is 9.05. The molecule has 0 rings (SSSR count). The molecular formula is C4H10O2. The molecule has 0 aromatic heterocycles. The van der Waals surface area contributed by atoms with E-state index >= 15 is 0 Å². The summed E-state index contributed by atoms with van der Waals surface area (Å²) in [6, 6.07) is 0. The second kappa shape index (κ2) is 2.16. The van der Waals surface area contributed by atoms with E-state index in [1.807, 2.05) is 0 Å². The molecule has 2 N–H and O–H groups in total. The Balaban J connectivity index is 4.41. The minimum atomic E-state index is -2.87. The molecule has 0 amide bonds. The second-order valence-corrected chi connectivity index (χ2v) is 0.890. The lowest BCUT2D eigenvalue weighted by atomic mass is 10.3. The lowest BCUT2D eigenvalue weighted by Crippen LogP contribution is -2.17. The lowest BCUT2D eigenvalue weighted by molar-refractivity contribution is 0.0438. The van der Waals surface area contributed by atoms with Gasteiger partial charge < -0.3 is 10.2 Å². The Kier molecular flexibility index (Phi) is 0.432. The second-order valence-electron chi connectivity index (χ2n) is 0.890. The average Bonchev–Trinajstić information content (AvgIpc) is 1.80. The van der Waals surface area contributed by atoms with Crippen LogP contribution in [0.4, 0.5) is 0 Å². The Morgan fingerprint density at radius 2 is 1.67 bits per heavy atom. The highest BCUT2D eigenvalue weighted by Crippen LogP contribution is 1.85. The van der Waals surface area contributed by atoms with Crippen molar-refractivity contribution in [3.05, 3.63) is 0 Å². The highest BCUT2D eigenvalue weighted by molar-refractivity contribution is 4.50.